The molecule has 34 heavy (non-hydrogen) atoms. The molecule has 0 unspecified atom stereocenters. The lowest BCUT2D eigenvalue weighted by Crippen LogP contribution is -2.51. The third kappa shape index (κ3) is 5.13. The van der Waals surface area contributed by atoms with Gasteiger partial charge in [-0.15, -0.1) is 10.2 Å². The summed E-state index contributed by atoms with van der Waals surface area (Å²) >= 11 is 12.1. The van der Waals surface area contributed by atoms with Crippen molar-refractivity contribution in [2.45, 2.75) is 12.8 Å². The number of carbonyl (C=O) groups is 1. The van der Waals surface area contributed by atoms with Crippen molar-refractivity contribution in [3.8, 4) is 11.3 Å². The van der Waals surface area contributed by atoms with E-state index in [0.29, 0.717) is 5.02 Å². The molecule has 176 valence electrons. The maximum Gasteiger partial charge on any atom is 0.225 e. The first-order valence-electron chi connectivity index (χ1n) is 11.7. The van der Waals surface area contributed by atoms with Crippen LogP contribution in [0.1, 0.15) is 12.8 Å². The molecule has 1 aromatic heterocycles. The van der Waals surface area contributed by atoms with Crippen LogP contribution in [0.25, 0.3) is 11.3 Å². The largest absolute Gasteiger partial charge is 0.368 e. The van der Waals surface area contributed by atoms with E-state index in [-0.39, 0.29) is 11.8 Å². The molecule has 0 aliphatic carbocycles. The highest BCUT2D eigenvalue weighted by Gasteiger charge is 2.31. The number of hydrogen-bond donors (Lipinski definition) is 0. The van der Waals surface area contributed by atoms with Gasteiger partial charge in [-0.1, -0.05) is 41.4 Å². The summed E-state index contributed by atoms with van der Waals surface area (Å²) in [6, 6.07) is 19.5. The Bertz CT molecular complexity index is 1120. The molecule has 2 aliphatic heterocycles. The summed E-state index contributed by atoms with van der Waals surface area (Å²) in [5.41, 5.74) is 2.93. The Morgan fingerprint density at radius 2 is 1.50 bits per heavy atom. The number of carbonyl (C=O) groups excluding carboxylic acids is 1. The lowest BCUT2D eigenvalue weighted by atomic mass is 9.95. The Labute approximate surface area is 210 Å². The minimum absolute atomic E-state index is 0.0790. The van der Waals surface area contributed by atoms with Crippen LogP contribution in [0.5, 0.6) is 0 Å². The summed E-state index contributed by atoms with van der Waals surface area (Å²) in [4.78, 5) is 19.7. The first-order chi connectivity index (χ1) is 16.6. The number of halogens is 2. The fourth-order valence-corrected chi connectivity index (χ4v) is 5.05. The lowest BCUT2D eigenvalue weighted by Gasteiger charge is -2.39. The number of nitrogens with zero attached hydrogens (tertiary/aromatic N) is 5. The minimum atomic E-state index is 0.0790. The van der Waals surface area contributed by atoms with Gasteiger partial charge < -0.3 is 14.7 Å². The second kappa shape index (κ2) is 10.2. The molecule has 8 heteroatoms. The van der Waals surface area contributed by atoms with Gasteiger partial charge in [-0.05, 0) is 55.3 Å². The van der Waals surface area contributed by atoms with Gasteiger partial charge in [-0.2, -0.15) is 0 Å². The molecule has 0 saturated carbocycles. The van der Waals surface area contributed by atoms with Gasteiger partial charge >= 0.3 is 0 Å². The van der Waals surface area contributed by atoms with Crippen LogP contribution in [0.3, 0.4) is 0 Å². The van der Waals surface area contributed by atoms with Gasteiger partial charge in [0.05, 0.1) is 5.69 Å². The topological polar surface area (TPSA) is 52.6 Å². The zero-order valence-corrected chi connectivity index (χ0v) is 20.4. The molecular formula is C26H27Cl2N5O. The molecule has 5 rings (SSSR count). The fraction of sp³-hybridized carbons (Fsp3) is 0.346. The van der Waals surface area contributed by atoms with Crippen LogP contribution in [0.2, 0.25) is 10.0 Å². The normalized spacial score (nSPS) is 17.2. The molecule has 2 fully saturated rings. The van der Waals surface area contributed by atoms with Crippen molar-refractivity contribution in [3.63, 3.8) is 0 Å². The molecule has 2 saturated heterocycles. The molecule has 6 nitrogen and oxygen atoms in total. The van der Waals surface area contributed by atoms with E-state index < -0.39 is 0 Å². The van der Waals surface area contributed by atoms with Gasteiger partial charge in [-0.3, -0.25) is 4.79 Å². The predicted molar refractivity (Wildman–Crippen MR) is 138 cm³/mol. The zero-order valence-electron chi connectivity index (χ0n) is 18.9. The molecule has 0 N–H and O–H groups in total. The molecule has 0 spiro atoms. The molecular weight excluding hydrogens is 469 g/mol. The minimum Gasteiger partial charge on any atom is -0.368 e. The van der Waals surface area contributed by atoms with Crippen molar-refractivity contribution in [1.29, 1.82) is 0 Å². The van der Waals surface area contributed by atoms with E-state index in [2.05, 4.69) is 26.1 Å². The smallest absolute Gasteiger partial charge is 0.225 e. The number of rotatable bonds is 4. The highest BCUT2D eigenvalue weighted by Crippen LogP contribution is 2.26. The molecule has 1 amide bonds. The van der Waals surface area contributed by atoms with E-state index in [9.17, 15) is 4.79 Å². The van der Waals surface area contributed by atoms with Crippen LogP contribution in [0.15, 0.2) is 60.7 Å². The van der Waals surface area contributed by atoms with Crippen LogP contribution in [0.4, 0.5) is 11.5 Å². The van der Waals surface area contributed by atoms with Gasteiger partial charge in [0, 0.05) is 66.5 Å². The average Bonchev–Trinajstić information content (AvgIpc) is 2.89. The number of piperidine rings is 1. The van der Waals surface area contributed by atoms with Gasteiger partial charge in [0.2, 0.25) is 5.91 Å². The summed E-state index contributed by atoms with van der Waals surface area (Å²) in [5, 5.41) is 10.3. The molecule has 0 bridgehead atoms. The Morgan fingerprint density at radius 1 is 0.765 bits per heavy atom. The van der Waals surface area contributed by atoms with E-state index in [0.717, 1.165) is 79.9 Å². The number of anilines is 2. The maximum absolute atomic E-state index is 13.1. The van der Waals surface area contributed by atoms with Gasteiger partial charge in [0.1, 0.15) is 0 Å². The molecule has 2 aliphatic rings. The molecule has 0 radical (unpaired) electrons. The summed E-state index contributed by atoms with van der Waals surface area (Å²) in [7, 11) is 0. The van der Waals surface area contributed by atoms with Gasteiger partial charge in [-0.25, -0.2) is 0 Å². The van der Waals surface area contributed by atoms with Gasteiger partial charge in [0.25, 0.3) is 0 Å². The van der Waals surface area contributed by atoms with E-state index >= 15 is 0 Å². The quantitative estimate of drug-likeness (QED) is 0.508. The van der Waals surface area contributed by atoms with E-state index in [1.165, 1.54) is 0 Å². The second-order valence-corrected chi connectivity index (χ2v) is 9.71. The predicted octanol–water partition coefficient (Wildman–Crippen LogP) is 5.02. The van der Waals surface area contributed by atoms with Crippen molar-refractivity contribution in [3.05, 3.63) is 70.7 Å². The third-order valence-corrected chi connectivity index (χ3v) is 7.21. The van der Waals surface area contributed by atoms with Crippen LogP contribution in [0, 0.1) is 5.92 Å². The Hall–Kier alpha value is -2.83. The summed E-state index contributed by atoms with van der Waals surface area (Å²) < 4.78 is 0. The second-order valence-electron chi connectivity index (χ2n) is 8.84. The average molecular weight is 496 g/mol. The van der Waals surface area contributed by atoms with Crippen LogP contribution in [-0.4, -0.2) is 60.3 Å². The van der Waals surface area contributed by atoms with E-state index in [4.69, 9.17) is 23.2 Å². The number of piperazine rings is 1. The monoisotopic (exact) mass is 495 g/mol. The number of hydrogen-bond acceptors (Lipinski definition) is 5. The van der Waals surface area contributed by atoms with E-state index in [1.807, 2.05) is 59.5 Å². The van der Waals surface area contributed by atoms with Crippen LogP contribution < -0.4 is 9.80 Å². The highest BCUT2D eigenvalue weighted by molar-refractivity contribution is 6.31. The van der Waals surface area contributed by atoms with E-state index in [1.54, 1.807) is 0 Å². The van der Waals surface area contributed by atoms with Crippen molar-refractivity contribution < 1.29 is 4.79 Å². The standard InChI is InChI=1S/C26H27Cl2N5O/c27-21-6-4-19(5-7-21)24-8-9-25(30-29-24)32-12-10-20(11-13-32)26(34)33-16-14-31(15-17-33)23-3-1-2-22(28)18-23/h1-9,18,20H,10-17H2. The van der Waals surface area contributed by atoms with Crippen molar-refractivity contribution in [1.82, 2.24) is 15.1 Å². The van der Waals surface area contributed by atoms with Crippen LogP contribution >= 0.6 is 23.2 Å². The van der Waals surface area contributed by atoms with Crippen molar-refractivity contribution in [2.75, 3.05) is 49.1 Å². The van der Waals surface area contributed by atoms with Crippen LogP contribution in [-0.2, 0) is 4.79 Å². The summed E-state index contributed by atoms with van der Waals surface area (Å²) in [5.74, 6) is 1.23. The molecule has 3 aromatic rings. The lowest BCUT2D eigenvalue weighted by molar-refractivity contribution is -0.136. The molecule has 2 aromatic carbocycles. The van der Waals surface area contributed by atoms with Gasteiger partial charge in [0.15, 0.2) is 5.82 Å². The highest BCUT2D eigenvalue weighted by atomic mass is 35.5. The number of aromatic nitrogens is 2. The molecule has 0 atom stereocenters. The Morgan fingerprint density at radius 3 is 2.15 bits per heavy atom. The summed E-state index contributed by atoms with van der Waals surface area (Å²) in [6.45, 7) is 4.80. The number of amides is 1. The van der Waals surface area contributed by atoms with Crippen molar-refractivity contribution in [2.24, 2.45) is 5.92 Å². The molecule has 3 heterocycles. The SMILES string of the molecule is O=C(C1CCN(c2ccc(-c3ccc(Cl)cc3)nn2)CC1)N1CCN(c2cccc(Cl)c2)CC1. The Balaban J connectivity index is 1.12. The first kappa shape index (κ1) is 22.9. The summed E-state index contributed by atoms with van der Waals surface area (Å²) in [6.07, 6.45) is 1.68. The first-order valence-corrected chi connectivity index (χ1v) is 12.5. The number of benzene rings is 2. The van der Waals surface area contributed by atoms with Crippen molar-refractivity contribution >= 4 is 40.6 Å². The maximum atomic E-state index is 13.1. The third-order valence-electron chi connectivity index (χ3n) is 6.72. The Kier molecular flexibility index (Phi) is 6.88. The fourth-order valence-electron chi connectivity index (χ4n) is 4.74. The zero-order chi connectivity index (χ0) is 23.5.